The molecule has 3 aromatic carbocycles. The minimum atomic E-state index is -1.29. The first-order chi connectivity index (χ1) is 23.3. The van der Waals surface area contributed by atoms with Crippen molar-refractivity contribution in [3.05, 3.63) is 101 Å². The Hall–Kier alpha value is -4.01. The van der Waals surface area contributed by atoms with Crippen molar-refractivity contribution < 1.29 is 37.2 Å². The van der Waals surface area contributed by atoms with Gasteiger partial charge in [0.25, 0.3) is 0 Å². The van der Waals surface area contributed by atoms with Gasteiger partial charge in [-0.3, -0.25) is 4.90 Å². The molecule has 260 valence electrons. The number of aromatic amines is 1. The molecule has 2 atom stereocenters. The van der Waals surface area contributed by atoms with Crippen molar-refractivity contribution in [3.63, 3.8) is 0 Å². The Balaban J connectivity index is 1.27. The number of halogens is 4. The number of nitrogens with zero attached hydrogens (tertiary/aromatic N) is 3. The van der Waals surface area contributed by atoms with Crippen molar-refractivity contribution in [2.45, 2.75) is 57.4 Å². The van der Waals surface area contributed by atoms with Crippen molar-refractivity contribution in [1.82, 2.24) is 19.4 Å². The number of H-pyrrole nitrogens is 1. The Morgan fingerprint density at radius 1 is 1.04 bits per heavy atom. The summed E-state index contributed by atoms with van der Waals surface area (Å²) < 4.78 is 75.2. The van der Waals surface area contributed by atoms with E-state index in [1.807, 2.05) is 11.9 Å². The summed E-state index contributed by atoms with van der Waals surface area (Å²) in [7, 11) is 0.548. The van der Waals surface area contributed by atoms with Crippen LogP contribution in [0, 0.1) is 23.3 Å². The number of nitrogens with one attached hydrogen (secondary N) is 1. The molecule has 0 radical (unpaired) electrons. The summed E-state index contributed by atoms with van der Waals surface area (Å²) in [6.07, 6.45) is 1.01. The van der Waals surface area contributed by atoms with Crippen LogP contribution in [0.4, 0.5) is 17.6 Å². The monoisotopic (exact) mass is 696 g/mol. The molecule has 49 heavy (non-hydrogen) atoms. The summed E-state index contributed by atoms with van der Waals surface area (Å²) in [4.78, 5) is 9.80. The van der Waals surface area contributed by atoms with Gasteiger partial charge in [-0.1, -0.05) is 37.8 Å². The fraction of sp³-hybridized carbons (Fsp3) is 0.361. The van der Waals surface area contributed by atoms with E-state index in [2.05, 4.69) is 24.6 Å². The van der Waals surface area contributed by atoms with Gasteiger partial charge in [-0.25, -0.2) is 22.5 Å². The van der Waals surface area contributed by atoms with Crippen molar-refractivity contribution >= 4 is 19.0 Å². The molecule has 6 rings (SSSR count). The number of rotatable bonds is 12. The number of aliphatic hydroxyl groups is 2. The Bertz CT molecular complexity index is 1970. The second-order valence-corrected chi connectivity index (χ2v) is 19.4. The van der Waals surface area contributed by atoms with Gasteiger partial charge in [-0.15, -0.1) is 0 Å². The molecule has 0 aliphatic carbocycles. The lowest BCUT2D eigenvalue weighted by atomic mass is 9.93. The maximum absolute atomic E-state index is 15.7. The zero-order chi connectivity index (χ0) is 35.0. The molecule has 0 saturated heterocycles. The molecule has 0 fully saturated rings. The fourth-order valence-electron chi connectivity index (χ4n) is 6.12. The third-order valence-corrected chi connectivity index (χ3v) is 10.6. The lowest BCUT2D eigenvalue weighted by Crippen LogP contribution is -2.33. The van der Waals surface area contributed by atoms with E-state index in [0.29, 0.717) is 42.0 Å². The van der Waals surface area contributed by atoms with Gasteiger partial charge in [0, 0.05) is 63.0 Å². The van der Waals surface area contributed by atoms with E-state index >= 15 is 17.6 Å². The Kier molecular flexibility index (Phi) is 10.0. The molecule has 8 nitrogen and oxygen atoms in total. The van der Waals surface area contributed by atoms with Crippen LogP contribution in [0.2, 0.25) is 25.7 Å². The van der Waals surface area contributed by atoms with E-state index in [1.54, 1.807) is 29.0 Å². The zero-order valence-corrected chi connectivity index (χ0v) is 28.9. The standard InChI is InChI=1S/C36H40F4N4O4Si/c1-43-12-11-29-33(34(43)25-7-5-6-21(31(25)39)16-22(46)19-45)42-36(41-29)26-17-23(8-9-27(26)37)48-35-28(38)18-30-24(32(35)40)10-13-44(30)20-47-14-15-49(2,3)4/h5-10,13,17-18,22,34,45-46H,11-12,14-16,19-20H2,1-4H3,(H,41,42). The highest BCUT2D eigenvalue weighted by atomic mass is 28.3. The zero-order valence-electron chi connectivity index (χ0n) is 27.9. The van der Waals surface area contributed by atoms with E-state index in [-0.39, 0.29) is 41.2 Å². The lowest BCUT2D eigenvalue weighted by Gasteiger charge is -2.32. The first-order valence-corrected chi connectivity index (χ1v) is 19.9. The van der Waals surface area contributed by atoms with Crippen LogP contribution in [-0.2, 0) is 24.3 Å². The predicted molar refractivity (Wildman–Crippen MR) is 181 cm³/mol. The van der Waals surface area contributed by atoms with Crippen molar-refractivity contribution in [3.8, 4) is 22.9 Å². The molecule has 0 bridgehead atoms. The highest BCUT2D eigenvalue weighted by Gasteiger charge is 2.33. The summed E-state index contributed by atoms with van der Waals surface area (Å²) in [5.74, 6) is -3.45. The van der Waals surface area contributed by atoms with Gasteiger partial charge in [0.1, 0.15) is 29.9 Å². The van der Waals surface area contributed by atoms with Crippen LogP contribution in [0.15, 0.2) is 54.7 Å². The largest absolute Gasteiger partial charge is 0.451 e. The summed E-state index contributed by atoms with van der Waals surface area (Å²) in [6, 6.07) is 11.7. The number of imidazole rings is 1. The molecule has 1 aliphatic rings. The summed E-state index contributed by atoms with van der Waals surface area (Å²) in [6.45, 7) is 7.51. The maximum Gasteiger partial charge on any atom is 0.199 e. The first-order valence-electron chi connectivity index (χ1n) is 16.2. The van der Waals surface area contributed by atoms with E-state index in [1.165, 1.54) is 24.3 Å². The van der Waals surface area contributed by atoms with E-state index in [4.69, 9.17) is 14.5 Å². The van der Waals surface area contributed by atoms with Crippen LogP contribution in [-0.4, -0.2) is 70.6 Å². The third-order valence-electron chi connectivity index (χ3n) is 8.86. The third kappa shape index (κ3) is 7.31. The molecule has 3 N–H and O–H groups in total. The Morgan fingerprint density at radius 3 is 2.59 bits per heavy atom. The van der Waals surface area contributed by atoms with Crippen LogP contribution < -0.4 is 4.74 Å². The number of aliphatic hydroxyl groups excluding tert-OH is 2. The number of hydrogen-bond donors (Lipinski definition) is 3. The SMILES string of the molecule is CN1CCc2[nH]c(-c3cc(Oc4c(F)cc5c(ccn5COCC[Si](C)(C)C)c4F)ccc3F)nc2C1c1cccc(CC(O)CO)c1F. The molecule has 3 heterocycles. The molecular weight excluding hydrogens is 656 g/mol. The predicted octanol–water partition coefficient (Wildman–Crippen LogP) is 7.17. The number of ether oxygens (including phenoxy) is 2. The molecule has 5 aromatic rings. The van der Waals surface area contributed by atoms with Crippen molar-refractivity contribution in [2.75, 3.05) is 26.8 Å². The maximum atomic E-state index is 15.7. The van der Waals surface area contributed by atoms with E-state index in [0.717, 1.165) is 12.1 Å². The van der Waals surface area contributed by atoms with Crippen molar-refractivity contribution in [1.29, 1.82) is 0 Å². The molecule has 2 aromatic heterocycles. The fourth-order valence-corrected chi connectivity index (χ4v) is 6.88. The van der Waals surface area contributed by atoms with Gasteiger partial charge < -0.3 is 29.2 Å². The molecule has 0 saturated carbocycles. The number of benzene rings is 3. The second kappa shape index (κ2) is 14.1. The van der Waals surface area contributed by atoms with Crippen LogP contribution in [0.25, 0.3) is 22.3 Å². The summed E-state index contributed by atoms with van der Waals surface area (Å²) >= 11 is 0. The average Bonchev–Trinajstić information content (AvgIpc) is 3.67. The average molecular weight is 697 g/mol. The van der Waals surface area contributed by atoms with Gasteiger partial charge in [0.05, 0.1) is 35.5 Å². The first kappa shape index (κ1) is 34.8. The molecule has 2 unspecified atom stereocenters. The number of likely N-dealkylation sites (N-methyl/N-ethyl adjacent to an activating group) is 1. The smallest absolute Gasteiger partial charge is 0.199 e. The summed E-state index contributed by atoms with van der Waals surface area (Å²) in [5, 5.41) is 19.3. The summed E-state index contributed by atoms with van der Waals surface area (Å²) in [5.41, 5.74) is 2.12. The molecule has 13 heteroatoms. The van der Waals surface area contributed by atoms with Gasteiger partial charge >= 0.3 is 0 Å². The molecular formula is C36H40F4N4O4Si. The van der Waals surface area contributed by atoms with E-state index < -0.39 is 55.8 Å². The lowest BCUT2D eigenvalue weighted by molar-refractivity contribution is 0.0902. The van der Waals surface area contributed by atoms with Gasteiger partial charge in [-0.2, -0.15) is 0 Å². The highest BCUT2D eigenvalue weighted by molar-refractivity contribution is 6.76. The topological polar surface area (TPSA) is 95.8 Å². The minimum Gasteiger partial charge on any atom is -0.451 e. The van der Waals surface area contributed by atoms with Crippen LogP contribution in [0.3, 0.4) is 0 Å². The minimum absolute atomic E-state index is 0.00751. The normalized spacial score (nSPS) is 15.9. The molecule has 1 aliphatic heterocycles. The van der Waals surface area contributed by atoms with E-state index in [9.17, 15) is 10.2 Å². The van der Waals surface area contributed by atoms with Crippen LogP contribution >= 0.6 is 0 Å². The van der Waals surface area contributed by atoms with Gasteiger partial charge in [0.15, 0.2) is 17.4 Å². The number of hydrogen-bond acceptors (Lipinski definition) is 6. The molecule has 0 amide bonds. The van der Waals surface area contributed by atoms with Gasteiger partial charge in [0.2, 0.25) is 0 Å². The number of aromatic nitrogens is 3. The highest BCUT2D eigenvalue weighted by Crippen LogP contribution is 2.39. The molecule has 0 spiro atoms. The van der Waals surface area contributed by atoms with Crippen molar-refractivity contribution in [2.24, 2.45) is 0 Å². The second-order valence-electron chi connectivity index (χ2n) is 13.8. The van der Waals surface area contributed by atoms with Crippen LogP contribution in [0.5, 0.6) is 11.5 Å². The number of fused-ring (bicyclic) bond motifs is 2. The Labute approximate surface area is 282 Å². The Morgan fingerprint density at radius 2 is 1.84 bits per heavy atom. The quantitative estimate of drug-likeness (QED) is 0.0728. The van der Waals surface area contributed by atoms with Gasteiger partial charge in [-0.05, 0) is 42.9 Å². The van der Waals surface area contributed by atoms with Crippen LogP contribution in [0.1, 0.15) is 28.6 Å².